The molecule has 1 aromatic heterocycles. The lowest BCUT2D eigenvalue weighted by molar-refractivity contribution is 0.187. The third-order valence-corrected chi connectivity index (χ3v) is 5.24. The Morgan fingerprint density at radius 3 is 2.50 bits per heavy atom. The van der Waals surface area contributed by atoms with Crippen molar-refractivity contribution in [1.82, 2.24) is 0 Å². The molecule has 0 fully saturated rings. The summed E-state index contributed by atoms with van der Waals surface area (Å²) >= 11 is 1.43. The Bertz CT molecular complexity index is 1160. The number of ether oxygens (including phenoxy) is 1. The summed E-state index contributed by atoms with van der Waals surface area (Å²) < 4.78 is 34.3. The molecule has 0 aliphatic heterocycles. The molecule has 0 aliphatic carbocycles. The van der Waals surface area contributed by atoms with Crippen LogP contribution in [0.4, 0.5) is 8.78 Å². The maximum Gasteiger partial charge on any atom is 0.194 e. The molecule has 2 nitrogen and oxygen atoms in total. The average Bonchev–Trinajstić information content (AvgIpc) is 2.96. The van der Waals surface area contributed by atoms with Gasteiger partial charge in [0.15, 0.2) is 17.1 Å². The Morgan fingerprint density at radius 1 is 1.00 bits per heavy atom. The molecule has 0 amide bonds. The van der Waals surface area contributed by atoms with E-state index in [-0.39, 0.29) is 16.2 Å². The van der Waals surface area contributed by atoms with Crippen LogP contribution in [-0.2, 0) is 11.3 Å². The highest BCUT2D eigenvalue weighted by Gasteiger charge is 2.17. The smallest absolute Gasteiger partial charge is 0.194 e. The Labute approximate surface area is 139 Å². The number of rotatable bonds is 2. The van der Waals surface area contributed by atoms with E-state index in [1.54, 1.807) is 25.3 Å². The molecule has 1 heterocycles. The molecule has 0 atom stereocenters. The number of hydrogen-bond acceptors (Lipinski definition) is 3. The minimum Gasteiger partial charge on any atom is -0.379 e. The Hall–Kier alpha value is -2.37. The normalized spacial score (nSPS) is 11.6. The Morgan fingerprint density at radius 2 is 1.75 bits per heavy atom. The summed E-state index contributed by atoms with van der Waals surface area (Å²) in [4.78, 5) is 13.7. The van der Waals surface area contributed by atoms with Gasteiger partial charge in [0.1, 0.15) is 0 Å². The molecule has 3 aromatic carbocycles. The SMILES string of the molecule is COCc1cc2c(s1)c1ccccc1c(=O)c1ccc(F)c(F)c12. The van der Waals surface area contributed by atoms with Crippen LogP contribution in [0.25, 0.3) is 31.6 Å². The van der Waals surface area contributed by atoms with Gasteiger partial charge in [-0.1, -0.05) is 24.3 Å². The van der Waals surface area contributed by atoms with Crippen molar-refractivity contribution in [2.75, 3.05) is 7.11 Å². The lowest BCUT2D eigenvalue weighted by Crippen LogP contribution is -2.00. The third kappa shape index (κ3) is 2.12. The molecule has 0 saturated carbocycles. The predicted octanol–water partition coefficient (Wildman–Crippen LogP) is 4.99. The molecular weight excluding hydrogens is 330 g/mol. The van der Waals surface area contributed by atoms with E-state index in [0.717, 1.165) is 21.0 Å². The topological polar surface area (TPSA) is 26.3 Å². The maximum absolute atomic E-state index is 14.6. The first-order valence-electron chi connectivity index (χ1n) is 7.36. The summed E-state index contributed by atoms with van der Waals surface area (Å²) in [5.41, 5.74) is -0.295. The summed E-state index contributed by atoms with van der Waals surface area (Å²) in [5.74, 6) is -1.95. The second-order valence-electron chi connectivity index (χ2n) is 5.55. The van der Waals surface area contributed by atoms with Gasteiger partial charge in [-0.25, -0.2) is 8.78 Å². The van der Waals surface area contributed by atoms with Crippen LogP contribution in [0.2, 0.25) is 0 Å². The standard InChI is InChI=1S/C19H12F2O2S/c1-23-9-10-8-14-16-13(6-7-15(20)17(16)21)18(22)11-4-2-3-5-12(11)19(14)24-10/h2-8H,9H2,1H3. The summed E-state index contributed by atoms with van der Waals surface area (Å²) in [7, 11) is 1.58. The average molecular weight is 342 g/mol. The molecule has 0 aliphatic rings. The molecule has 0 bridgehead atoms. The van der Waals surface area contributed by atoms with Crippen LogP contribution in [0, 0.1) is 11.6 Å². The van der Waals surface area contributed by atoms with Crippen molar-refractivity contribution in [3.05, 3.63) is 69.2 Å². The zero-order valence-electron chi connectivity index (χ0n) is 12.7. The van der Waals surface area contributed by atoms with Gasteiger partial charge >= 0.3 is 0 Å². The highest BCUT2D eigenvalue weighted by molar-refractivity contribution is 7.20. The van der Waals surface area contributed by atoms with E-state index in [4.69, 9.17) is 4.74 Å². The minimum absolute atomic E-state index is 0.0322. The second kappa shape index (κ2) is 5.61. The largest absolute Gasteiger partial charge is 0.379 e. The summed E-state index contributed by atoms with van der Waals surface area (Å²) in [6.45, 7) is 0.375. The van der Waals surface area contributed by atoms with Gasteiger partial charge in [0, 0.05) is 43.6 Å². The highest BCUT2D eigenvalue weighted by Crippen LogP contribution is 2.36. The van der Waals surface area contributed by atoms with Crippen LogP contribution < -0.4 is 5.43 Å². The summed E-state index contributed by atoms with van der Waals surface area (Å²) in [6.07, 6.45) is 0. The molecule has 0 radical (unpaired) electrons. The summed E-state index contributed by atoms with van der Waals surface area (Å²) in [5, 5.41) is 1.99. The van der Waals surface area contributed by atoms with Gasteiger partial charge in [-0.15, -0.1) is 11.3 Å². The number of fused-ring (bicyclic) bond motifs is 5. The molecule has 0 N–H and O–H groups in total. The van der Waals surface area contributed by atoms with Crippen LogP contribution in [0.3, 0.4) is 0 Å². The lowest BCUT2D eigenvalue weighted by atomic mass is 10.1. The van der Waals surface area contributed by atoms with E-state index in [2.05, 4.69) is 0 Å². The fourth-order valence-electron chi connectivity index (χ4n) is 3.07. The van der Waals surface area contributed by atoms with E-state index >= 15 is 0 Å². The number of halogens is 2. The van der Waals surface area contributed by atoms with Crippen LogP contribution in [0.5, 0.6) is 0 Å². The Balaban J connectivity index is 2.39. The highest BCUT2D eigenvalue weighted by atomic mass is 32.1. The van der Waals surface area contributed by atoms with Gasteiger partial charge in [0.2, 0.25) is 0 Å². The maximum atomic E-state index is 14.6. The first kappa shape index (κ1) is 15.2. The van der Waals surface area contributed by atoms with E-state index in [1.807, 2.05) is 12.1 Å². The number of methoxy groups -OCH3 is 1. The molecule has 0 unspecified atom stereocenters. The van der Waals surface area contributed by atoms with Gasteiger partial charge in [-0.05, 0) is 18.2 Å². The van der Waals surface area contributed by atoms with E-state index < -0.39 is 11.6 Å². The first-order chi connectivity index (χ1) is 11.6. The van der Waals surface area contributed by atoms with Gasteiger partial charge in [0.25, 0.3) is 0 Å². The first-order valence-corrected chi connectivity index (χ1v) is 8.17. The van der Waals surface area contributed by atoms with Crippen molar-refractivity contribution >= 4 is 43.0 Å². The fourth-order valence-corrected chi connectivity index (χ4v) is 4.24. The van der Waals surface area contributed by atoms with Gasteiger partial charge in [-0.3, -0.25) is 4.79 Å². The van der Waals surface area contributed by atoms with Crippen molar-refractivity contribution < 1.29 is 13.5 Å². The van der Waals surface area contributed by atoms with Crippen LogP contribution >= 0.6 is 11.3 Å². The van der Waals surface area contributed by atoms with Crippen LogP contribution in [-0.4, -0.2) is 7.11 Å². The molecular formula is C19H12F2O2S. The zero-order chi connectivity index (χ0) is 16.8. The quantitative estimate of drug-likeness (QED) is 0.513. The van der Waals surface area contributed by atoms with E-state index in [0.29, 0.717) is 17.4 Å². The van der Waals surface area contributed by atoms with Gasteiger partial charge in [0.05, 0.1) is 6.61 Å². The molecule has 4 aromatic rings. The predicted molar refractivity (Wildman–Crippen MR) is 93.7 cm³/mol. The van der Waals surface area contributed by atoms with Gasteiger partial charge < -0.3 is 4.74 Å². The van der Waals surface area contributed by atoms with Crippen molar-refractivity contribution in [2.24, 2.45) is 0 Å². The monoisotopic (exact) mass is 342 g/mol. The Kier molecular flexibility index (Phi) is 3.55. The molecule has 0 saturated heterocycles. The molecule has 0 spiro atoms. The van der Waals surface area contributed by atoms with Crippen LogP contribution in [0.1, 0.15) is 4.88 Å². The molecule has 120 valence electrons. The molecule has 5 heteroatoms. The number of benzene rings is 2. The van der Waals surface area contributed by atoms with Crippen molar-refractivity contribution in [3.8, 4) is 0 Å². The van der Waals surface area contributed by atoms with Gasteiger partial charge in [-0.2, -0.15) is 0 Å². The number of hydrogen-bond donors (Lipinski definition) is 0. The van der Waals surface area contributed by atoms with E-state index in [9.17, 15) is 13.6 Å². The second-order valence-corrected chi connectivity index (χ2v) is 6.68. The van der Waals surface area contributed by atoms with Crippen molar-refractivity contribution in [3.63, 3.8) is 0 Å². The van der Waals surface area contributed by atoms with E-state index in [1.165, 1.54) is 17.4 Å². The molecule has 4 rings (SSSR count). The zero-order valence-corrected chi connectivity index (χ0v) is 13.5. The van der Waals surface area contributed by atoms with Crippen molar-refractivity contribution in [1.29, 1.82) is 0 Å². The number of thiophene rings is 1. The molecule has 24 heavy (non-hydrogen) atoms. The lowest BCUT2D eigenvalue weighted by Gasteiger charge is -1.98. The van der Waals surface area contributed by atoms with Crippen LogP contribution in [0.15, 0.2) is 47.3 Å². The van der Waals surface area contributed by atoms with Crippen molar-refractivity contribution in [2.45, 2.75) is 6.61 Å². The fraction of sp³-hybridized carbons (Fsp3) is 0.105. The minimum atomic E-state index is -0.989. The third-order valence-electron chi connectivity index (χ3n) is 4.09. The summed E-state index contributed by atoms with van der Waals surface area (Å²) in [6, 6.07) is 11.3.